The molecular formula is C17H11ClF2N4. The predicted octanol–water partition coefficient (Wildman–Crippen LogP) is 3.86. The molecular weight excluding hydrogens is 334 g/mol. The molecule has 0 saturated heterocycles. The third kappa shape index (κ3) is 2.14. The Labute approximate surface area is 141 Å². The van der Waals surface area contributed by atoms with E-state index < -0.39 is 11.6 Å². The third-order valence-electron chi connectivity index (χ3n) is 4.01. The highest BCUT2D eigenvalue weighted by Gasteiger charge is 2.26. The van der Waals surface area contributed by atoms with E-state index in [1.807, 2.05) is 19.1 Å². The molecule has 1 aliphatic rings. The highest BCUT2D eigenvalue weighted by Crippen LogP contribution is 2.33. The van der Waals surface area contributed by atoms with Gasteiger partial charge in [0.15, 0.2) is 5.82 Å². The molecule has 24 heavy (non-hydrogen) atoms. The largest absolute Gasteiger partial charge is 0.283 e. The van der Waals surface area contributed by atoms with E-state index in [4.69, 9.17) is 11.6 Å². The minimum Gasteiger partial charge on any atom is -0.283 e. The lowest BCUT2D eigenvalue weighted by Gasteiger charge is -2.15. The Balaban J connectivity index is 2.09. The summed E-state index contributed by atoms with van der Waals surface area (Å²) in [6.07, 6.45) is 1.54. The maximum Gasteiger partial charge on any atom is 0.159 e. The molecule has 0 atom stereocenters. The molecule has 0 aliphatic carbocycles. The molecule has 3 aromatic rings. The van der Waals surface area contributed by atoms with Gasteiger partial charge in [-0.25, -0.2) is 8.78 Å². The van der Waals surface area contributed by atoms with E-state index in [9.17, 15) is 8.78 Å². The Bertz CT molecular complexity index is 974. The zero-order valence-electron chi connectivity index (χ0n) is 12.6. The fourth-order valence-corrected chi connectivity index (χ4v) is 3.07. The fourth-order valence-electron chi connectivity index (χ4n) is 2.82. The Hall–Kier alpha value is -2.60. The number of nitrogens with zero attached hydrogens (tertiary/aromatic N) is 4. The lowest BCUT2D eigenvalue weighted by molar-refractivity contribution is 0.579. The lowest BCUT2D eigenvalue weighted by Crippen LogP contribution is -2.12. The number of benzene rings is 2. The normalized spacial score (nSPS) is 13.1. The summed E-state index contributed by atoms with van der Waals surface area (Å²) in [5.41, 5.74) is 1.89. The van der Waals surface area contributed by atoms with Gasteiger partial charge in [0.2, 0.25) is 0 Å². The second-order valence-electron chi connectivity index (χ2n) is 5.47. The van der Waals surface area contributed by atoms with Crippen molar-refractivity contribution >= 4 is 17.3 Å². The molecule has 0 radical (unpaired) electrons. The van der Waals surface area contributed by atoms with Gasteiger partial charge in [-0.2, -0.15) is 0 Å². The number of fused-ring (bicyclic) bond motifs is 3. The van der Waals surface area contributed by atoms with Crippen LogP contribution < -0.4 is 0 Å². The van der Waals surface area contributed by atoms with Crippen molar-refractivity contribution < 1.29 is 8.78 Å². The average molecular weight is 345 g/mol. The molecule has 0 N–H and O–H groups in total. The Morgan fingerprint density at radius 3 is 2.58 bits per heavy atom. The molecule has 4 nitrogen and oxygen atoms in total. The fraction of sp³-hybridized carbons (Fsp3) is 0.118. The van der Waals surface area contributed by atoms with Gasteiger partial charge in [-0.3, -0.25) is 9.56 Å². The first-order chi connectivity index (χ1) is 11.6. The van der Waals surface area contributed by atoms with Gasteiger partial charge in [0.05, 0.1) is 22.0 Å². The van der Waals surface area contributed by atoms with Gasteiger partial charge in [0.25, 0.3) is 0 Å². The molecule has 2 heterocycles. The van der Waals surface area contributed by atoms with Crippen LogP contribution in [0.5, 0.6) is 0 Å². The van der Waals surface area contributed by atoms with Crippen LogP contribution in [0.15, 0.2) is 41.7 Å². The first-order valence-electron chi connectivity index (χ1n) is 7.25. The quantitative estimate of drug-likeness (QED) is 0.672. The first kappa shape index (κ1) is 15.0. The van der Waals surface area contributed by atoms with Crippen molar-refractivity contribution in [3.05, 3.63) is 75.8 Å². The number of halogens is 3. The number of aromatic nitrogens is 3. The summed E-state index contributed by atoms with van der Waals surface area (Å²) in [6, 6.07) is 7.39. The topological polar surface area (TPSA) is 43.1 Å². The van der Waals surface area contributed by atoms with Crippen molar-refractivity contribution in [3.63, 3.8) is 0 Å². The molecule has 4 rings (SSSR count). The molecule has 120 valence electrons. The van der Waals surface area contributed by atoms with Crippen LogP contribution in [0.1, 0.15) is 22.5 Å². The van der Waals surface area contributed by atoms with E-state index in [-0.39, 0.29) is 17.8 Å². The van der Waals surface area contributed by atoms with Gasteiger partial charge in [-0.05, 0) is 30.7 Å². The number of aliphatic imine (C=N–C) groups is 1. The zero-order valence-corrected chi connectivity index (χ0v) is 13.3. The van der Waals surface area contributed by atoms with Gasteiger partial charge in [-0.1, -0.05) is 23.7 Å². The van der Waals surface area contributed by atoms with Crippen molar-refractivity contribution in [3.8, 4) is 5.69 Å². The molecule has 0 saturated carbocycles. The van der Waals surface area contributed by atoms with Crippen molar-refractivity contribution in [2.24, 2.45) is 4.99 Å². The van der Waals surface area contributed by atoms with Gasteiger partial charge < -0.3 is 0 Å². The van der Waals surface area contributed by atoms with E-state index in [0.29, 0.717) is 22.1 Å². The molecule has 0 amide bonds. The predicted molar refractivity (Wildman–Crippen MR) is 86.8 cm³/mol. The molecule has 0 bridgehead atoms. The summed E-state index contributed by atoms with van der Waals surface area (Å²) in [5, 5.41) is 8.30. The number of aryl methyl sites for hydroxylation is 1. The minimum atomic E-state index is -0.685. The van der Waals surface area contributed by atoms with Gasteiger partial charge >= 0.3 is 0 Å². The molecule has 1 aromatic heterocycles. The minimum absolute atomic E-state index is 0.146. The van der Waals surface area contributed by atoms with Crippen LogP contribution in [0.25, 0.3) is 5.69 Å². The Morgan fingerprint density at radius 1 is 1.08 bits per heavy atom. The van der Waals surface area contributed by atoms with Crippen molar-refractivity contribution in [1.29, 1.82) is 0 Å². The van der Waals surface area contributed by atoms with Crippen LogP contribution in [0, 0.1) is 18.6 Å². The maximum atomic E-state index is 14.3. The van der Waals surface area contributed by atoms with Crippen molar-refractivity contribution in [2.45, 2.75) is 13.5 Å². The highest BCUT2D eigenvalue weighted by atomic mass is 35.5. The monoisotopic (exact) mass is 344 g/mol. The summed E-state index contributed by atoms with van der Waals surface area (Å²) >= 11 is 6.49. The van der Waals surface area contributed by atoms with Gasteiger partial charge in [0, 0.05) is 5.56 Å². The molecule has 2 aromatic carbocycles. The van der Waals surface area contributed by atoms with Crippen LogP contribution >= 0.6 is 11.6 Å². The Morgan fingerprint density at radius 2 is 1.83 bits per heavy atom. The lowest BCUT2D eigenvalue weighted by atomic mass is 9.97. The molecule has 0 fully saturated rings. The summed E-state index contributed by atoms with van der Waals surface area (Å²) in [7, 11) is 0. The number of hydrogen-bond acceptors (Lipinski definition) is 3. The SMILES string of the molecule is Cc1ccc2c(c1Cl)C(c1c(F)cccc1F)=NCc1nncn1-2. The average Bonchev–Trinajstić information content (AvgIpc) is 2.96. The molecule has 7 heteroatoms. The first-order valence-corrected chi connectivity index (χ1v) is 7.63. The molecule has 1 aliphatic heterocycles. The van der Waals surface area contributed by atoms with Gasteiger partial charge in [-0.15, -0.1) is 10.2 Å². The van der Waals surface area contributed by atoms with E-state index in [0.717, 1.165) is 5.56 Å². The molecule has 0 spiro atoms. The van der Waals surface area contributed by atoms with Crippen LogP contribution in [-0.4, -0.2) is 20.5 Å². The summed E-state index contributed by atoms with van der Waals surface area (Å²) in [6.45, 7) is 1.98. The second-order valence-corrected chi connectivity index (χ2v) is 5.85. The second kappa shape index (κ2) is 5.49. The standard InChI is InChI=1S/C17H11ClF2N4/c1-9-5-6-12-15(16(9)18)17(14-10(19)3-2-4-11(14)20)21-7-13-23-22-8-24(12)13/h2-6,8H,7H2,1H3. The van der Waals surface area contributed by atoms with Crippen LogP contribution in [-0.2, 0) is 6.54 Å². The van der Waals surface area contributed by atoms with E-state index in [2.05, 4.69) is 15.2 Å². The summed E-state index contributed by atoms with van der Waals surface area (Å²) < 4.78 is 30.4. The van der Waals surface area contributed by atoms with Crippen molar-refractivity contribution in [2.75, 3.05) is 0 Å². The van der Waals surface area contributed by atoms with E-state index >= 15 is 0 Å². The van der Waals surface area contributed by atoms with E-state index in [1.165, 1.54) is 24.5 Å². The van der Waals surface area contributed by atoms with Crippen LogP contribution in [0.3, 0.4) is 0 Å². The summed E-state index contributed by atoms with van der Waals surface area (Å²) in [5.74, 6) is -0.798. The number of rotatable bonds is 1. The summed E-state index contributed by atoms with van der Waals surface area (Å²) in [4.78, 5) is 4.40. The number of hydrogen-bond donors (Lipinski definition) is 0. The van der Waals surface area contributed by atoms with Gasteiger partial charge in [0.1, 0.15) is 24.5 Å². The Kier molecular flexibility index (Phi) is 3.42. The highest BCUT2D eigenvalue weighted by molar-refractivity contribution is 6.37. The maximum absolute atomic E-state index is 14.3. The molecule has 0 unspecified atom stereocenters. The van der Waals surface area contributed by atoms with Crippen LogP contribution in [0.2, 0.25) is 5.02 Å². The third-order valence-corrected chi connectivity index (χ3v) is 4.49. The zero-order chi connectivity index (χ0) is 16.8. The smallest absolute Gasteiger partial charge is 0.159 e. The van der Waals surface area contributed by atoms with Crippen LogP contribution in [0.4, 0.5) is 8.78 Å². The van der Waals surface area contributed by atoms with Crippen molar-refractivity contribution in [1.82, 2.24) is 14.8 Å². The van der Waals surface area contributed by atoms with E-state index in [1.54, 1.807) is 4.57 Å².